The summed E-state index contributed by atoms with van der Waals surface area (Å²) in [5, 5.41) is 0. The Morgan fingerprint density at radius 3 is 2.23 bits per heavy atom. The first-order valence-electron chi connectivity index (χ1n) is 4.39. The molecule has 0 spiro atoms. The average molecular weight is 186 g/mol. The summed E-state index contributed by atoms with van der Waals surface area (Å²) >= 11 is 0. The van der Waals surface area contributed by atoms with Gasteiger partial charge in [0.2, 0.25) is 0 Å². The van der Waals surface area contributed by atoms with Gasteiger partial charge in [0, 0.05) is 5.57 Å². The van der Waals surface area contributed by atoms with E-state index in [-0.39, 0.29) is 11.1 Å². The van der Waals surface area contributed by atoms with E-state index < -0.39 is 5.92 Å². The lowest BCUT2D eigenvalue weighted by atomic mass is 9.98. The maximum atomic E-state index is 13.4. The zero-order valence-electron chi connectivity index (χ0n) is 8.24. The summed E-state index contributed by atoms with van der Waals surface area (Å²) < 4.78 is 26.9. The summed E-state index contributed by atoms with van der Waals surface area (Å²) in [4.78, 5) is 0. The molecule has 0 amide bonds. The first-order valence-corrected chi connectivity index (χ1v) is 4.39. The van der Waals surface area contributed by atoms with Crippen LogP contribution in [-0.2, 0) is 0 Å². The van der Waals surface area contributed by atoms with Gasteiger partial charge in [-0.1, -0.05) is 39.2 Å². The smallest absolute Gasteiger partial charge is 0.196 e. The van der Waals surface area contributed by atoms with E-state index in [2.05, 4.69) is 13.2 Å². The van der Waals surface area contributed by atoms with Gasteiger partial charge in [-0.15, -0.1) is 0 Å². The zero-order chi connectivity index (χ0) is 10.5. The first kappa shape index (κ1) is 12.1. The van der Waals surface area contributed by atoms with Crippen molar-refractivity contribution >= 4 is 0 Å². The van der Waals surface area contributed by atoms with Gasteiger partial charge < -0.3 is 0 Å². The molecule has 0 atom stereocenters. The molecule has 0 aliphatic heterocycles. The minimum Gasteiger partial charge on any atom is -0.196 e. The van der Waals surface area contributed by atoms with Gasteiger partial charge in [-0.25, -0.2) is 0 Å². The van der Waals surface area contributed by atoms with Crippen LogP contribution in [0.25, 0.3) is 0 Å². The van der Waals surface area contributed by atoms with Crippen LogP contribution < -0.4 is 0 Å². The largest absolute Gasteiger partial charge is 0.293 e. The fourth-order valence-electron chi connectivity index (χ4n) is 1.08. The molecule has 0 bridgehead atoms. The van der Waals surface area contributed by atoms with E-state index in [1.807, 2.05) is 6.92 Å². The highest BCUT2D eigenvalue weighted by Gasteiger charge is 2.34. The Hall–Kier alpha value is -0.920. The van der Waals surface area contributed by atoms with Gasteiger partial charge in [-0.2, -0.15) is 8.78 Å². The highest BCUT2D eigenvalue weighted by atomic mass is 19.3. The van der Waals surface area contributed by atoms with E-state index in [0.29, 0.717) is 12.8 Å². The lowest BCUT2D eigenvalue weighted by Crippen LogP contribution is -2.20. The van der Waals surface area contributed by atoms with Gasteiger partial charge in [0.15, 0.2) is 0 Å². The van der Waals surface area contributed by atoms with Crippen LogP contribution in [0.1, 0.15) is 26.7 Å². The molecule has 13 heavy (non-hydrogen) atoms. The summed E-state index contributed by atoms with van der Waals surface area (Å²) in [6, 6.07) is 0. The van der Waals surface area contributed by atoms with Gasteiger partial charge in [-0.3, -0.25) is 0 Å². The van der Waals surface area contributed by atoms with Crippen LogP contribution in [0.3, 0.4) is 0 Å². The van der Waals surface area contributed by atoms with Crippen molar-refractivity contribution in [2.24, 2.45) is 0 Å². The van der Waals surface area contributed by atoms with Crippen LogP contribution in [0.15, 0.2) is 36.5 Å². The van der Waals surface area contributed by atoms with Crippen LogP contribution in [0.2, 0.25) is 0 Å². The van der Waals surface area contributed by atoms with Gasteiger partial charge >= 0.3 is 0 Å². The fraction of sp³-hybridized carbons (Fsp3) is 0.455. The van der Waals surface area contributed by atoms with Crippen molar-refractivity contribution in [2.75, 3.05) is 0 Å². The van der Waals surface area contributed by atoms with Crippen molar-refractivity contribution in [2.45, 2.75) is 32.6 Å². The van der Waals surface area contributed by atoms with Crippen molar-refractivity contribution < 1.29 is 8.78 Å². The molecule has 0 aromatic rings. The molecule has 0 N–H and O–H groups in total. The molecule has 0 heterocycles. The number of hydrogen-bond acceptors (Lipinski definition) is 0. The van der Waals surface area contributed by atoms with Crippen molar-refractivity contribution in [3.05, 3.63) is 36.5 Å². The molecule has 0 aliphatic carbocycles. The van der Waals surface area contributed by atoms with E-state index in [1.165, 1.54) is 0 Å². The number of hydrogen-bond donors (Lipinski definition) is 0. The second-order valence-corrected chi connectivity index (χ2v) is 2.79. The van der Waals surface area contributed by atoms with Crippen LogP contribution in [0.5, 0.6) is 0 Å². The van der Waals surface area contributed by atoms with E-state index in [0.717, 1.165) is 6.08 Å². The molecular weight excluding hydrogens is 170 g/mol. The van der Waals surface area contributed by atoms with Crippen LogP contribution >= 0.6 is 0 Å². The van der Waals surface area contributed by atoms with Crippen LogP contribution in [0.4, 0.5) is 8.78 Å². The summed E-state index contributed by atoms with van der Waals surface area (Å²) in [5.74, 6) is -2.92. The number of halogens is 2. The second-order valence-electron chi connectivity index (χ2n) is 2.79. The number of allylic oxidation sites excluding steroid dienone is 4. The zero-order valence-corrected chi connectivity index (χ0v) is 8.24. The molecule has 0 saturated heterocycles. The molecule has 2 heteroatoms. The Kier molecular flexibility index (Phi) is 4.60. The fourth-order valence-corrected chi connectivity index (χ4v) is 1.08. The average Bonchev–Trinajstić information content (AvgIpc) is 2.12. The standard InChI is InChI=1S/C11H16F2/c1-5-8-10(7-3)11(12,13)9(4)6-2/h6,8H,2,4-5,7H2,1,3H3/b10-8+. The van der Waals surface area contributed by atoms with E-state index in [9.17, 15) is 8.78 Å². The van der Waals surface area contributed by atoms with Crippen molar-refractivity contribution in [1.82, 2.24) is 0 Å². The molecule has 0 nitrogen and oxygen atoms in total. The summed E-state index contributed by atoms with van der Waals surface area (Å²) in [7, 11) is 0. The number of rotatable bonds is 5. The third-order valence-electron chi connectivity index (χ3n) is 1.88. The third-order valence-corrected chi connectivity index (χ3v) is 1.88. The van der Waals surface area contributed by atoms with E-state index >= 15 is 0 Å². The molecule has 0 aromatic heterocycles. The lowest BCUT2D eigenvalue weighted by molar-refractivity contribution is 0.0840. The molecular formula is C11H16F2. The summed E-state index contributed by atoms with van der Waals surface area (Å²) in [5.41, 5.74) is -0.103. The molecule has 74 valence electrons. The van der Waals surface area contributed by atoms with Crippen LogP contribution in [0, 0.1) is 0 Å². The SMILES string of the molecule is C=CC(=C)C(F)(F)/C(=C/CC)CC. The monoisotopic (exact) mass is 186 g/mol. The van der Waals surface area contributed by atoms with Crippen LogP contribution in [-0.4, -0.2) is 5.92 Å². The normalized spacial score (nSPS) is 12.8. The Balaban J connectivity index is 4.87. The van der Waals surface area contributed by atoms with E-state index in [4.69, 9.17) is 0 Å². The quantitative estimate of drug-likeness (QED) is 0.447. The molecule has 0 aromatic carbocycles. The van der Waals surface area contributed by atoms with Crippen molar-refractivity contribution in [1.29, 1.82) is 0 Å². The van der Waals surface area contributed by atoms with Gasteiger partial charge in [0.1, 0.15) is 0 Å². The molecule has 0 unspecified atom stereocenters. The summed E-state index contributed by atoms with van der Waals surface area (Å²) in [6.07, 6.45) is 3.62. The minimum atomic E-state index is -2.92. The predicted molar refractivity (Wildman–Crippen MR) is 52.9 cm³/mol. The molecule has 0 rings (SSSR count). The second kappa shape index (κ2) is 4.95. The van der Waals surface area contributed by atoms with Gasteiger partial charge in [0.05, 0.1) is 0 Å². The maximum absolute atomic E-state index is 13.4. The molecule has 0 aliphatic rings. The highest BCUT2D eigenvalue weighted by molar-refractivity contribution is 5.32. The van der Waals surface area contributed by atoms with Gasteiger partial charge in [0.25, 0.3) is 5.92 Å². The maximum Gasteiger partial charge on any atom is 0.293 e. The minimum absolute atomic E-state index is 0.125. The summed E-state index contributed by atoms with van der Waals surface area (Å²) in [6.45, 7) is 10.1. The Morgan fingerprint density at radius 2 is 1.92 bits per heavy atom. The molecule has 0 saturated carbocycles. The Morgan fingerprint density at radius 1 is 1.38 bits per heavy atom. The predicted octanol–water partition coefficient (Wildman–Crippen LogP) is 4.11. The Labute approximate surface area is 78.7 Å². The Bertz CT molecular complexity index is 224. The topological polar surface area (TPSA) is 0 Å². The molecule has 0 radical (unpaired) electrons. The van der Waals surface area contributed by atoms with Crippen molar-refractivity contribution in [3.63, 3.8) is 0 Å². The lowest BCUT2D eigenvalue weighted by Gasteiger charge is -2.19. The molecule has 0 fully saturated rings. The van der Waals surface area contributed by atoms with Crippen molar-refractivity contribution in [3.8, 4) is 0 Å². The highest BCUT2D eigenvalue weighted by Crippen LogP contribution is 2.33. The number of alkyl halides is 2. The van der Waals surface area contributed by atoms with Gasteiger partial charge in [-0.05, 0) is 18.4 Å². The van der Waals surface area contributed by atoms with E-state index in [1.54, 1.807) is 13.0 Å². The third kappa shape index (κ3) is 2.79. The first-order chi connectivity index (χ1) is 6.00.